The molecule has 0 bridgehead atoms. The Morgan fingerprint density at radius 3 is 2.06 bits per heavy atom. The molecule has 0 saturated carbocycles. The molecule has 0 radical (unpaired) electrons. The molecule has 366 valence electrons. The van der Waals surface area contributed by atoms with Crippen molar-refractivity contribution in [2.75, 3.05) is 44.0 Å². The summed E-state index contributed by atoms with van der Waals surface area (Å²) in [7, 11) is 2.07. The number of primary amides is 1. The molecule has 2 aliphatic heterocycles. The maximum Gasteiger partial charge on any atom is 0.419 e. The van der Waals surface area contributed by atoms with E-state index in [0.29, 0.717) is 47.0 Å². The van der Waals surface area contributed by atoms with Crippen LogP contribution in [0.4, 0.5) is 49.6 Å². The first-order chi connectivity index (χ1) is 33.0. The van der Waals surface area contributed by atoms with Crippen LogP contribution in [0.2, 0.25) is 0 Å². The number of aromatic nitrogens is 8. The lowest BCUT2D eigenvalue weighted by atomic mass is 9.86. The molecule has 0 spiro atoms. The number of nitrogens with one attached hydrogen (secondary N) is 2. The van der Waals surface area contributed by atoms with Crippen LogP contribution in [0, 0.1) is 6.92 Å². The molecule has 1 aliphatic carbocycles. The topological polar surface area (TPSA) is 193 Å². The first-order valence-corrected chi connectivity index (χ1v) is 22.9. The number of hydrogen-bond donors (Lipinski definition) is 4. The molecule has 4 aromatic heterocycles. The van der Waals surface area contributed by atoms with Gasteiger partial charge in [0.25, 0.3) is 0 Å². The highest BCUT2D eigenvalue weighted by Crippen LogP contribution is 2.37. The molecule has 5 aromatic rings. The number of likely N-dealkylation sites (tertiary alicyclic amines) is 1. The number of aryl methyl sites for hydroxylation is 3. The lowest BCUT2D eigenvalue weighted by molar-refractivity contribution is -0.139. The van der Waals surface area contributed by atoms with Gasteiger partial charge in [0.05, 0.1) is 70.5 Å². The van der Waals surface area contributed by atoms with Crippen molar-refractivity contribution in [1.29, 1.82) is 0 Å². The van der Waals surface area contributed by atoms with Crippen LogP contribution in [0.15, 0.2) is 89.8 Å². The Kier molecular flexibility index (Phi) is 14.8. The molecule has 21 heteroatoms. The summed E-state index contributed by atoms with van der Waals surface area (Å²) < 4.78 is 95.3. The van der Waals surface area contributed by atoms with Crippen LogP contribution in [0.5, 0.6) is 0 Å². The summed E-state index contributed by atoms with van der Waals surface area (Å²) in [4.78, 5) is 31.1. The average molecular weight is 960 g/mol. The third-order valence-corrected chi connectivity index (χ3v) is 13.0. The van der Waals surface area contributed by atoms with Crippen LogP contribution in [0.25, 0.3) is 0 Å². The fraction of sp³-hybridized carbons (Fsp3) is 0.438. The largest absolute Gasteiger partial charge is 0.419 e. The number of ether oxygens (including phenoxy) is 1. The highest BCUT2D eigenvalue weighted by atomic mass is 19.4. The van der Waals surface area contributed by atoms with Crippen molar-refractivity contribution >= 4 is 29.2 Å². The van der Waals surface area contributed by atoms with Gasteiger partial charge in [-0.15, -0.1) is 0 Å². The van der Waals surface area contributed by atoms with Gasteiger partial charge in [-0.3, -0.25) is 14.2 Å². The molecule has 1 amide bonds. The van der Waals surface area contributed by atoms with Gasteiger partial charge in [0.1, 0.15) is 0 Å². The fourth-order valence-electron chi connectivity index (χ4n) is 9.14. The standard InChI is InChI=1S/C48H55F6N13O2/c1-29-43(27-60-67(29)37-13-17-65(2)18-14-37)64-46-58-26-39(48(52,53)54)42(63-46)12-10-32-21-34(8-7-33(32)23-44(56)68)40(55)22-31-6-4-3-5-30(31)9-11-41-38(47(49,50)51)25-57-45(62-41)61-35-24-59-66(28-35)36-15-19-69-20-16-36/h3-8,24-28,36-37H,9-23,55H2,1-2H3,(H2,56,68)(H,57,61,62)(H,58,63,64). The first kappa shape index (κ1) is 48.8. The second-order valence-electron chi connectivity index (χ2n) is 17.8. The van der Waals surface area contributed by atoms with E-state index in [1.54, 1.807) is 36.8 Å². The number of halogens is 6. The van der Waals surface area contributed by atoms with E-state index in [-0.39, 0.29) is 80.3 Å². The van der Waals surface area contributed by atoms with Crippen molar-refractivity contribution in [3.05, 3.63) is 129 Å². The van der Waals surface area contributed by atoms with Gasteiger partial charge in [0.2, 0.25) is 17.8 Å². The lowest BCUT2D eigenvalue weighted by Crippen LogP contribution is -2.32. The van der Waals surface area contributed by atoms with Crippen molar-refractivity contribution < 1.29 is 35.9 Å². The molecule has 0 atom stereocenters. The Balaban J connectivity index is 0.971. The van der Waals surface area contributed by atoms with Gasteiger partial charge in [-0.1, -0.05) is 42.0 Å². The van der Waals surface area contributed by atoms with Gasteiger partial charge in [0.15, 0.2) is 0 Å². The minimum Gasteiger partial charge on any atom is -0.402 e. The van der Waals surface area contributed by atoms with Crippen LogP contribution in [-0.2, 0) is 47.6 Å². The van der Waals surface area contributed by atoms with Crippen LogP contribution in [-0.4, -0.2) is 83.7 Å². The van der Waals surface area contributed by atoms with E-state index < -0.39 is 29.4 Å². The molecule has 3 aliphatic rings. The highest BCUT2D eigenvalue weighted by Gasteiger charge is 2.36. The zero-order chi connectivity index (χ0) is 48.9. The predicted molar refractivity (Wildman–Crippen MR) is 246 cm³/mol. The molecular formula is C48H55F6N13O2. The Morgan fingerprint density at radius 2 is 1.41 bits per heavy atom. The van der Waals surface area contributed by atoms with Crippen molar-refractivity contribution in [2.45, 2.75) is 102 Å². The molecule has 6 heterocycles. The maximum absolute atomic E-state index is 14.4. The number of alkyl halides is 6. The molecular weight excluding hydrogens is 905 g/mol. The van der Waals surface area contributed by atoms with Gasteiger partial charge in [0, 0.05) is 43.9 Å². The molecule has 2 fully saturated rings. The highest BCUT2D eigenvalue weighted by molar-refractivity contribution is 5.78. The summed E-state index contributed by atoms with van der Waals surface area (Å²) >= 11 is 0. The van der Waals surface area contributed by atoms with E-state index in [4.69, 9.17) is 16.2 Å². The summed E-state index contributed by atoms with van der Waals surface area (Å²) in [5.74, 6) is -0.615. The van der Waals surface area contributed by atoms with Crippen LogP contribution in [0.1, 0.15) is 96.4 Å². The number of piperidine rings is 1. The van der Waals surface area contributed by atoms with E-state index in [1.807, 2.05) is 34.5 Å². The van der Waals surface area contributed by atoms with E-state index in [0.717, 1.165) is 68.0 Å². The van der Waals surface area contributed by atoms with Gasteiger partial charge >= 0.3 is 12.4 Å². The smallest absolute Gasteiger partial charge is 0.402 e. The number of benzene rings is 1. The fourth-order valence-corrected chi connectivity index (χ4v) is 9.14. The number of anilines is 4. The summed E-state index contributed by atoms with van der Waals surface area (Å²) in [5, 5.41) is 15.1. The Morgan fingerprint density at radius 1 is 0.768 bits per heavy atom. The number of nitrogens with zero attached hydrogens (tertiary/aromatic N) is 9. The predicted octanol–water partition coefficient (Wildman–Crippen LogP) is 8.42. The Bertz CT molecular complexity index is 2730. The summed E-state index contributed by atoms with van der Waals surface area (Å²) in [6.07, 6.45) is 4.42. The quantitative estimate of drug-likeness (QED) is 0.0692. The first-order valence-electron chi connectivity index (χ1n) is 22.9. The second-order valence-corrected chi connectivity index (χ2v) is 17.8. The zero-order valence-electron chi connectivity index (χ0n) is 38.4. The number of carbonyl (C=O) groups is 1. The van der Waals surface area contributed by atoms with Gasteiger partial charge in [-0.2, -0.15) is 36.5 Å². The molecule has 2 saturated heterocycles. The number of carbonyl (C=O) groups excluding carboxylic acids is 1. The van der Waals surface area contributed by atoms with Crippen LogP contribution in [0.3, 0.4) is 0 Å². The number of allylic oxidation sites excluding steroid dienone is 5. The maximum atomic E-state index is 14.4. The van der Waals surface area contributed by atoms with Crippen LogP contribution >= 0.6 is 0 Å². The van der Waals surface area contributed by atoms with E-state index in [9.17, 15) is 31.1 Å². The zero-order valence-corrected chi connectivity index (χ0v) is 38.4. The average Bonchev–Trinajstić information content (AvgIpc) is 3.93. The summed E-state index contributed by atoms with van der Waals surface area (Å²) in [6, 6.07) is 7.62. The molecule has 6 N–H and O–H groups in total. The number of nitrogens with two attached hydrogens (primary N) is 2. The summed E-state index contributed by atoms with van der Waals surface area (Å²) in [6.45, 7) is 5.00. The third kappa shape index (κ3) is 12.2. The van der Waals surface area contributed by atoms with E-state index >= 15 is 0 Å². The Labute approximate surface area is 395 Å². The second kappa shape index (κ2) is 20.9. The molecule has 1 aromatic carbocycles. The Hall–Kier alpha value is -6.61. The van der Waals surface area contributed by atoms with E-state index in [1.165, 1.54) is 0 Å². The van der Waals surface area contributed by atoms with Crippen molar-refractivity contribution in [3.8, 4) is 0 Å². The molecule has 8 rings (SSSR count). The van der Waals surface area contributed by atoms with E-state index in [2.05, 4.69) is 52.7 Å². The normalized spacial score (nSPS) is 17.4. The molecule has 15 nitrogen and oxygen atoms in total. The molecule has 0 unspecified atom stereocenters. The van der Waals surface area contributed by atoms with Gasteiger partial charge < -0.3 is 31.7 Å². The lowest BCUT2D eigenvalue weighted by Gasteiger charge is -2.29. The minimum atomic E-state index is -4.74. The monoisotopic (exact) mass is 959 g/mol. The number of hydrogen-bond acceptors (Lipinski definition) is 12. The van der Waals surface area contributed by atoms with Crippen molar-refractivity contribution in [1.82, 2.24) is 44.4 Å². The van der Waals surface area contributed by atoms with Gasteiger partial charge in [-0.25, -0.2) is 19.9 Å². The summed E-state index contributed by atoms with van der Waals surface area (Å²) in [5.41, 5.74) is 15.9. The van der Waals surface area contributed by atoms with Crippen molar-refractivity contribution in [3.63, 3.8) is 0 Å². The number of rotatable bonds is 16. The van der Waals surface area contributed by atoms with Crippen molar-refractivity contribution in [2.24, 2.45) is 11.5 Å². The van der Waals surface area contributed by atoms with Crippen LogP contribution < -0.4 is 22.1 Å². The molecule has 69 heavy (non-hydrogen) atoms. The van der Waals surface area contributed by atoms with Gasteiger partial charge in [-0.05, 0) is 107 Å². The minimum absolute atomic E-state index is 0.00314. The SMILES string of the molecule is Cc1c(Nc2ncc(C(F)(F)F)c(CCC3=C(CC(N)=O)C=CC(=C(N)Cc4ccccc4CCc4nc(Nc5cnn(C6CCOCC6)c5)ncc4C(F)(F)F)C3)n2)cnn1C1CCN(C)CC1. The number of amides is 1. The third-order valence-electron chi connectivity index (χ3n) is 13.0.